The van der Waals surface area contributed by atoms with Gasteiger partial charge in [-0.2, -0.15) is 0 Å². The lowest BCUT2D eigenvalue weighted by Crippen LogP contribution is -2.36. The first-order chi connectivity index (χ1) is 15.9. The maximum absolute atomic E-state index is 12.7. The topological polar surface area (TPSA) is 88.5 Å². The Kier molecular flexibility index (Phi) is 8.22. The van der Waals surface area contributed by atoms with E-state index in [-0.39, 0.29) is 12.3 Å². The number of aromatic nitrogens is 1. The largest absolute Gasteiger partial charge is 0.400 e. The van der Waals surface area contributed by atoms with E-state index < -0.39 is 0 Å². The van der Waals surface area contributed by atoms with Gasteiger partial charge in [0.05, 0.1) is 17.8 Å². The zero-order valence-electron chi connectivity index (χ0n) is 19.7. The van der Waals surface area contributed by atoms with Crippen LogP contribution in [0.25, 0.3) is 11.1 Å². The summed E-state index contributed by atoms with van der Waals surface area (Å²) < 4.78 is 0. The first kappa shape index (κ1) is 24.0. The number of carbonyl (C=O) groups excluding carboxylic acids is 1. The Morgan fingerprint density at radius 2 is 1.45 bits per heavy atom. The molecule has 1 aromatic heterocycles. The number of amides is 1. The Labute approximate surface area is 196 Å². The summed E-state index contributed by atoms with van der Waals surface area (Å²) in [5.74, 6) is 6.54. The van der Waals surface area contributed by atoms with Gasteiger partial charge in [-0.3, -0.25) is 14.8 Å². The number of nitrogens with zero attached hydrogens (tertiary/aromatic N) is 3. The van der Waals surface area contributed by atoms with Gasteiger partial charge in [-0.25, -0.2) is 5.84 Å². The molecule has 3 rings (SSSR count). The van der Waals surface area contributed by atoms with Gasteiger partial charge in [0, 0.05) is 37.6 Å². The van der Waals surface area contributed by atoms with E-state index in [0.717, 1.165) is 33.6 Å². The summed E-state index contributed by atoms with van der Waals surface area (Å²) >= 11 is 0. The summed E-state index contributed by atoms with van der Waals surface area (Å²) in [6.45, 7) is 7.27. The van der Waals surface area contributed by atoms with Crippen molar-refractivity contribution in [2.24, 2.45) is 11.6 Å². The Bertz CT molecular complexity index is 1070. The third kappa shape index (κ3) is 6.20. The predicted octanol–water partition coefficient (Wildman–Crippen LogP) is 4.41. The van der Waals surface area contributed by atoms with Crippen molar-refractivity contribution in [1.29, 1.82) is 0 Å². The number of rotatable bonds is 9. The average molecular weight is 444 g/mol. The van der Waals surface area contributed by atoms with Crippen LogP contribution in [-0.4, -0.2) is 28.9 Å². The van der Waals surface area contributed by atoms with Crippen molar-refractivity contribution in [3.63, 3.8) is 0 Å². The molecule has 1 heterocycles. The molecule has 0 radical (unpaired) electrons. The third-order valence-corrected chi connectivity index (χ3v) is 5.77. The van der Waals surface area contributed by atoms with Gasteiger partial charge in [-0.1, -0.05) is 42.0 Å². The molecule has 2 aromatic carbocycles. The molecule has 0 saturated heterocycles. The van der Waals surface area contributed by atoms with Crippen LogP contribution in [0.4, 0.5) is 5.69 Å². The second-order valence-corrected chi connectivity index (χ2v) is 8.03. The molecule has 0 aliphatic carbocycles. The fourth-order valence-electron chi connectivity index (χ4n) is 3.72. The van der Waals surface area contributed by atoms with E-state index in [0.29, 0.717) is 25.2 Å². The highest BCUT2D eigenvalue weighted by Gasteiger charge is 2.18. The smallest absolute Gasteiger partial charge is 0.228 e. The van der Waals surface area contributed by atoms with E-state index in [1.165, 1.54) is 0 Å². The maximum atomic E-state index is 12.7. The van der Waals surface area contributed by atoms with Crippen molar-refractivity contribution < 1.29 is 4.79 Å². The van der Waals surface area contributed by atoms with Crippen LogP contribution in [0.3, 0.4) is 0 Å². The number of aryl methyl sites for hydroxylation is 1. The van der Waals surface area contributed by atoms with Crippen molar-refractivity contribution in [2.75, 3.05) is 18.1 Å². The minimum atomic E-state index is 0.000316. The van der Waals surface area contributed by atoms with Crippen molar-refractivity contribution >= 4 is 11.6 Å². The summed E-state index contributed by atoms with van der Waals surface area (Å²) in [5, 5.41) is 1.60. The molecule has 0 unspecified atom stereocenters. The number of carbonyl (C=O) groups is 1. The molecule has 0 atom stereocenters. The summed E-state index contributed by atoms with van der Waals surface area (Å²) in [7, 11) is 0. The maximum Gasteiger partial charge on any atom is 0.228 e. The van der Waals surface area contributed by atoms with Crippen LogP contribution in [0.5, 0.6) is 0 Å². The lowest BCUT2D eigenvalue weighted by atomic mass is 10.0. The highest BCUT2D eigenvalue weighted by Crippen LogP contribution is 2.24. The molecule has 1 amide bonds. The lowest BCUT2D eigenvalue weighted by molar-refractivity contribution is -0.130. The molecule has 0 bridgehead atoms. The Morgan fingerprint density at radius 1 is 0.879 bits per heavy atom. The van der Waals surface area contributed by atoms with E-state index in [4.69, 9.17) is 11.6 Å². The molecule has 0 spiro atoms. The number of anilines is 1. The van der Waals surface area contributed by atoms with Gasteiger partial charge in [0.15, 0.2) is 0 Å². The van der Waals surface area contributed by atoms with Gasteiger partial charge >= 0.3 is 0 Å². The van der Waals surface area contributed by atoms with E-state index in [9.17, 15) is 4.79 Å². The minimum Gasteiger partial charge on any atom is -0.400 e. The minimum absolute atomic E-state index is 0.000316. The van der Waals surface area contributed by atoms with Crippen LogP contribution in [0.1, 0.15) is 31.4 Å². The van der Waals surface area contributed by atoms with Crippen LogP contribution in [0.15, 0.2) is 84.5 Å². The van der Waals surface area contributed by atoms with Crippen molar-refractivity contribution in [3.05, 3.63) is 95.6 Å². The number of benzene rings is 2. The standard InChI is InChI=1S/C27H33N5O/c1-4-31(5-2)27(33)19-25(28)26(32(29)24-12-6-20(3)7-13-24)18-21-8-10-22(11-9-21)23-14-16-30-17-15-23/h6-17H,4-5,18-19,28-29H2,1-3H3/b26-25-. The third-order valence-electron chi connectivity index (χ3n) is 5.77. The number of hydrogen-bond donors (Lipinski definition) is 2. The first-order valence-electron chi connectivity index (χ1n) is 11.3. The molecule has 172 valence electrons. The second kappa shape index (κ2) is 11.3. The lowest BCUT2D eigenvalue weighted by Gasteiger charge is -2.26. The highest BCUT2D eigenvalue weighted by atomic mass is 16.2. The van der Waals surface area contributed by atoms with Crippen LogP contribution < -0.4 is 16.6 Å². The molecule has 0 aliphatic rings. The van der Waals surface area contributed by atoms with Crippen LogP contribution >= 0.6 is 0 Å². The molecule has 6 nitrogen and oxygen atoms in total. The van der Waals surface area contributed by atoms with Crippen LogP contribution in [0.2, 0.25) is 0 Å². The zero-order chi connectivity index (χ0) is 23.8. The first-order valence-corrected chi connectivity index (χ1v) is 11.3. The van der Waals surface area contributed by atoms with E-state index in [1.54, 1.807) is 22.3 Å². The van der Waals surface area contributed by atoms with Crippen LogP contribution in [-0.2, 0) is 11.2 Å². The van der Waals surface area contributed by atoms with E-state index in [2.05, 4.69) is 29.2 Å². The summed E-state index contributed by atoms with van der Waals surface area (Å²) in [6, 6.07) is 20.2. The number of nitrogens with two attached hydrogens (primary N) is 2. The molecule has 6 heteroatoms. The highest BCUT2D eigenvalue weighted by molar-refractivity contribution is 5.79. The van der Waals surface area contributed by atoms with Crippen LogP contribution in [0, 0.1) is 6.92 Å². The SMILES string of the molecule is CCN(CC)C(=O)C/C(N)=C(\Cc1ccc(-c2ccncc2)cc1)N(N)c1ccc(C)cc1. The Balaban J connectivity index is 1.90. The Hall–Kier alpha value is -3.64. The number of allylic oxidation sites excluding steroid dienone is 1. The molecule has 4 N–H and O–H groups in total. The van der Waals surface area contributed by atoms with Gasteiger partial charge in [-0.15, -0.1) is 0 Å². The van der Waals surface area contributed by atoms with Gasteiger partial charge in [0.2, 0.25) is 5.91 Å². The summed E-state index contributed by atoms with van der Waals surface area (Å²) in [4.78, 5) is 18.6. The predicted molar refractivity (Wildman–Crippen MR) is 135 cm³/mol. The monoisotopic (exact) mass is 443 g/mol. The molecule has 33 heavy (non-hydrogen) atoms. The van der Waals surface area contributed by atoms with Gasteiger partial charge < -0.3 is 10.6 Å². The summed E-state index contributed by atoms with van der Waals surface area (Å²) in [5.41, 5.74) is 13.0. The number of hydrazine groups is 1. The molecule has 0 fully saturated rings. The normalized spacial score (nSPS) is 11.6. The average Bonchev–Trinajstić information content (AvgIpc) is 2.84. The van der Waals surface area contributed by atoms with Gasteiger partial charge in [0.1, 0.15) is 0 Å². The van der Waals surface area contributed by atoms with E-state index in [1.807, 2.05) is 57.2 Å². The molecular weight excluding hydrogens is 410 g/mol. The fourth-order valence-corrected chi connectivity index (χ4v) is 3.72. The molecular formula is C27H33N5O. The molecule has 0 aliphatic heterocycles. The summed E-state index contributed by atoms with van der Waals surface area (Å²) in [6.07, 6.45) is 4.21. The van der Waals surface area contributed by atoms with E-state index >= 15 is 0 Å². The second-order valence-electron chi connectivity index (χ2n) is 8.03. The number of hydrogen-bond acceptors (Lipinski definition) is 5. The Morgan fingerprint density at radius 3 is 2.03 bits per heavy atom. The van der Waals surface area contributed by atoms with Gasteiger partial charge in [-0.05, 0) is 61.7 Å². The molecule has 0 saturated carbocycles. The van der Waals surface area contributed by atoms with Gasteiger partial charge in [0.25, 0.3) is 0 Å². The van der Waals surface area contributed by atoms with Crippen molar-refractivity contribution in [2.45, 2.75) is 33.6 Å². The quantitative estimate of drug-likeness (QED) is 0.378. The molecule has 3 aromatic rings. The zero-order valence-corrected chi connectivity index (χ0v) is 19.7. The van der Waals surface area contributed by atoms with Crippen molar-refractivity contribution in [3.8, 4) is 11.1 Å². The van der Waals surface area contributed by atoms with Crippen molar-refractivity contribution in [1.82, 2.24) is 9.88 Å². The fraction of sp³-hybridized carbons (Fsp3) is 0.259. The number of pyridine rings is 1.